The van der Waals surface area contributed by atoms with Crippen LogP contribution in [0.15, 0.2) is 0 Å². The second kappa shape index (κ2) is 5.92. The summed E-state index contributed by atoms with van der Waals surface area (Å²) in [6.45, 7) is 2.49. The van der Waals surface area contributed by atoms with E-state index in [0.29, 0.717) is 6.42 Å². The average Bonchev–Trinajstić information content (AvgIpc) is 2.40. The van der Waals surface area contributed by atoms with Gasteiger partial charge in [0.15, 0.2) is 0 Å². The standard InChI is InChI=1S/C14H23F3N2O/c1-9-2-3-11(18)8-12(9)13(20)19-6-4-10(5-7-19)14(15,16)17/h9-12H,2-8,18H2,1H3. The zero-order chi connectivity index (χ0) is 14.9. The summed E-state index contributed by atoms with van der Waals surface area (Å²) in [5.74, 6) is -1.07. The van der Waals surface area contributed by atoms with Gasteiger partial charge in [-0.1, -0.05) is 6.92 Å². The van der Waals surface area contributed by atoms with Gasteiger partial charge in [0.1, 0.15) is 0 Å². The predicted molar refractivity (Wildman–Crippen MR) is 69.8 cm³/mol. The molecule has 0 bridgehead atoms. The van der Waals surface area contributed by atoms with E-state index in [1.807, 2.05) is 6.92 Å². The van der Waals surface area contributed by atoms with Crippen LogP contribution in [0.1, 0.15) is 39.0 Å². The summed E-state index contributed by atoms with van der Waals surface area (Å²) in [6.07, 6.45) is -1.54. The number of nitrogens with zero attached hydrogens (tertiary/aromatic N) is 1. The summed E-state index contributed by atoms with van der Waals surface area (Å²) in [5.41, 5.74) is 5.91. The molecule has 2 rings (SSSR count). The number of piperidine rings is 1. The fourth-order valence-corrected chi connectivity index (χ4v) is 3.36. The maximum atomic E-state index is 12.6. The van der Waals surface area contributed by atoms with Gasteiger partial charge < -0.3 is 10.6 Å². The van der Waals surface area contributed by atoms with Gasteiger partial charge >= 0.3 is 6.18 Å². The molecule has 20 heavy (non-hydrogen) atoms. The Morgan fingerprint density at radius 3 is 2.30 bits per heavy atom. The number of hydrogen-bond donors (Lipinski definition) is 1. The van der Waals surface area contributed by atoms with E-state index in [4.69, 9.17) is 5.73 Å². The Morgan fingerprint density at radius 1 is 1.15 bits per heavy atom. The summed E-state index contributed by atoms with van der Waals surface area (Å²) in [7, 11) is 0. The number of carbonyl (C=O) groups excluding carboxylic acids is 1. The van der Waals surface area contributed by atoms with Gasteiger partial charge in [-0.25, -0.2) is 0 Å². The molecule has 0 spiro atoms. The molecule has 1 heterocycles. The van der Waals surface area contributed by atoms with Crippen LogP contribution in [-0.4, -0.2) is 36.1 Å². The van der Waals surface area contributed by atoms with Crippen molar-refractivity contribution in [1.82, 2.24) is 4.90 Å². The van der Waals surface area contributed by atoms with Crippen LogP contribution in [0.5, 0.6) is 0 Å². The molecule has 3 nitrogen and oxygen atoms in total. The second-order valence-corrected chi connectivity index (χ2v) is 6.30. The Kier molecular flexibility index (Phi) is 4.62. The molecule has 0 aromatic heterocycles. The first-order valence-electron chi connectivity index (χ1n) is 7.40. The summed E-state index contributed by atoms with van der Waals surface area (Å²) >= 11 is 0. The molecule has 2 aliphatic rings. The highest BCUT2D eigenvalue weighted by atomic mass is 19.4. The normalized spacial score (nSPS) is 33.2. The van der Waals surface area contributed by atoms with Crippen molar-refractivity contribution in [3.63, 3.8) is 0 Å². The van der Waals surface area contributed by atoms with E-state index >= 15 is 0 Å². The lowest BCUT2D eigenvalue weighted by Crippen LogP contribution is -2.48. The van der Waals surface area contributed by atoms with E-state index < -0.39 is 12.1 Å². The van der Waals surface area contributed by atoms with E-state index in [1.165, 1.54) is 0 Å². The van der Waals surface area contributed by atoms with E-state index in [2.05, 4.69) is 0 Å². The number of hydrogen-bond acceptors (Lipinski definition) is 2. The molecule has 3 atom stereocenters. The minimum atomic E-state index is -4.13. The van der Waals surface area contributed by atoms with Crippen LogP contribution in [-0.2, 0) is 4.79 Å². The van der Waals surface area contributed by atoms with Crippen LogP contribution < -0.4 is 5.73 Å². The average molecular weight is 292 g/mol. The highest BCUT2D eigenvalue weighted by molar-refractivity contribution is 5.79. The minimum absolute atomic E-state index is 0.00766. The molecule has 1 amide bonds. The highest BCUT2D eigenvalue weighted by Crippen LogP contribution is 2.36. The van der Waals surface area contributed by atoms with E-state index in [-0.39, 0.29) is 49.7 Å². The van der Waals surface area contributed by atoms with Gasteiger partial charge in [0, 0.05) is 25.0 Å². The lowest BCUT2D eigenvalue weighted by atomic mass is 9.77. The Hall–Kier alpha value is -0.780. The Balaban J connectivity index is 1.91. The van der Waals surface area contributed by atoms with Crippen LogP contribution in [0.3, 0.4) is 0 Å². The SMILES string of the molecule is CC1CCC(N)CC1C(=O)N1CCC(C(F)(F)F)CC1. The van der Waals surface area contributed by atoms with Crippen molar-refractivity contribution in [2.75, 3.05) is 13.1 Å². The molecule has 1 aliphatic heterocycles. The van der Waals surface area contributed by atoms with Crippen LogP contribution in [0.2, 0.25) is 0 Å². The number of rotatable bonds is 1. The molecule has 1 saturated carbocycles. The molecule has 3 unspecified atom stereocenters. The van der Waals surface area contributed by atoms with E-state index in [9.17, 15) is 18.0 Å². The Morgan fingerprint density at radius 2 is 1.75 bits per heavy atom. The molecule has 0 aromatic carbocycles. The quantitative estimate of drug-likeness (QED) is 0.807. The maximum Gasteiger partial charge on any atom is 0.391 e. The molecule has 0 radical (unpaired) electrons. The second-order valence-electron chi connectivity index (χ2n) is 6.30. The molecule has 2 N–H and O–H groups in total. The first-order valence-corrected chi connectivity index (χ1v) is 7.40. The molecule has 1 saturated heterocycles. The smallest absolute Gasteiger partial charge is 0.342 e. The third-order valence-corrected chi connectivity index (χ3v) is 4.82. The third kappa shape index (κ3) is 3.45. The lowest BCUT2D eigenvalue weighted by Gasteiger charge is -2.38. The van der Waals surface area contributed by atoms with Gasteiger partial charge in [-0.2, -0.15) is 13.2 Å². The number of nitrogens with two attached hydrogens (primary N) is 1. The molecule has 6 heteroatoms. The van der Waals surface area contributed by atoms with Crippen LogP contribution in [0.25, 0.3) is 0 Å². The maximum absolute atomic E-state index is 12.6. The number of halogens is 3. The Bertz CT molecular complexity index is 351. The van der Waals surface area contributed by atoms with Crippen LogP contribution in [0, 0.1) is 17.8 Å². The van der Waals surface area contributed by atoms with Gasteiger partial charge in [-0.3, -0.25) is 4.79 Å². The number of alkyl halides is 3. The minimum Gasteiger partial charge on any atom is -0.342 e. The van der Waals surface area contributed by atoms with Crippen molar-refractivity contribution in [2.45, 2.75) is 51.2 Å². The van der Waals surface area contributed by atoms with Gasteiger partial charge in [0.05, 0.1) is 5.92 Å². The predicted octanol–water partition coefficient (Wildman–Crippen LogP) is 2.55. The topological polar surface area (TPSA) is 46.3 Å². The van der Waals surface area contributed by atoms with Gasteiger partial charge in [0.2, 0.25) is 5.91 Å². The summed E-state index contributed by atoms with van der Waals surface area (Å²) < 4.78 is 37.9. The molecule has 0 aromatic rings. The number of amides is 1. The van der Waals surface area contributed by atoms with Gasteiger partial charge in [-0.05, 0) is 38.0 Å². The zero-order valence-corrected chi connectivity index (χ0v) is 11.8. The van der Waals surface area contributed by atoms with Crippen molar-refractivity contribution in [1.29, 1.82) is 0 Å². The molecule has 116 valence electrons. The largest absolute Gasteiger partial charge is 0.391 e. The van der Waals surface area contributed by atoms with E-state index in [1.54, 1.807) is 4.90 Å². The van der Waals surface area contributed by atoms with Crippen molar-refractivity contribution in [3.8, 4) is 0 Å². The first-order chi connectivity index (χ1) is 9.29. The molecular weight excluding hydrogens is 269 g/mol. The van der Waals surface area contributed by atoms with E-state index in [0.717, 1.165) is 12.8 Å². The monoisotopic (exact) mass is 292 g/mol. The highest BCUT2D eigenvalue weighted by Gasteiger charge is 2.43. The first kappa shape index (κ1) is 15.6. The summed E-state index contributed by atoms with van der Waals surface area (Å²) in [4.78, 5) is 14.1. The molecular formula is C14H23F3N2O. The molecule has 1 aliphatic carbocycles. The zero-order valence-electron chi connectivity index (χ0n) is 11.8. The van der Waals surface area contributed by atoms with Crippen molar-refractivity contribution in [2.24, 2.45) is 23.5 Å². The van der Waals surface area contributed by atoms with Crippen LogP contribution >= 0.6 is 0 Å². The lowest BCUT2D eigenvalue weighted by molar-refractivity contribution is -0.187. The summed E-state index contributed by atoms with van der Waals surface area (Å²) in [5, 5.41) is 0. The third-order valence-electron chi connectivity index (χ3n) is 4.82. The molecule has 2 fully saturated rings. The number of likely N-dealkylation sites (tertiary alicyclic amines) is 1. The van der Waals surface area contributed by atoms with Crippen molar-refractivity contribution < 1.29 is 18.0 Å². The fourth-order valence-electron chi connectivity index (χ4n) is 3.36. The Labute approximate surface area is 117 Å². The van der Waals surface area contributed by atoms with Gasteiger partial charge in [-0.15, -0.1) is 0 Å². The fraction of sp³-hybridized carbons (Fsp3) is 0.929. The number of carbonyl (C=O) groups is 1. The van der Waals surface area contributed by atoms with Gasteiger partial charge in [0.25, 0.3) is 0 Å². The van der Waals surface area contributed by atoms with Crippen molar-refractivity contribution >= 4 is 5.91 Å². The van der Waals surface area contributed by atoms with Crippen molar-refractivity contribution in [3.05, 3.63) is 0 Å². The summed E-state index contributed by atoms with van der Waals surface area (Å²) in [6, 6.07) is 0.0489. The van der Waals surface area contributed by atoms with Crippen LogP contribution in [0.4, 0.5) is 13.2 Å².